The van der Waals surface area contributed by atoms with E-state index < -0.39 is 11.7 Å². The molecule has 0 bridgehead atoms. The molecule has 1 amide bonds. The first-order chi connectivity index (χ1) is 15.8. The third kappa shape index (κ3) is 5.58. The number of nitrogens with zero attached hydrogens (tertiary/aromatic N) is 1. The van der Waals surface area contributed by atoms with Crippen LogP contribution in [0.5, 0.6) is 0 Å². The van der Waals surface area contributed by atoms with Crippen molar-refractivity contribution < 1.29 is 18.0 Å². The topological polar surface area (TPSA) is 48.1 Å². The van der Waals surface area contributed by atoms with Crippen molar-refractivity contribution in [1.29, 1.82) is 0 Å². The highest BCUT2D eigenvalue weighted by atomic mass is 19.4. The molecule has 0 saturated heterocycles. The average Bonchev–Trinajstić information content (AvgIpc) is 3.22. The minimum Gasteiger partial charge on any atom is -0.360 e. The van der Waals surface area contributed by atoms with Gasteiger partial charge in [-0.25, -0.2) is 0 Å². The van der Waals surface area contributed by atoms with Crippen LogP contribution in [0.1, 0.15) is 43.2 Å². The van der Waals surface area contributed by atoms with Crippen LogP contribution in [0.25, 0.3) is 22.0 Å². The van der Waals surface area contributed by atoms with Gasteiger partial charge in [-0.15, -0.1) is 0 Å². The Kier molecular flexibility index (Phi) is 7.08. The predicted molar refractivity (Wildman–Crippen MR) is 125 cm³/mol. The molecule has 33 heavy (non-hydrogen) atoms. The number of aromatic nitrogens is 1. The highest BCUT2D eigenvalue weighted by molar-refractivity contribution is 5.97. The standard InChI is InChI=1S/C26H30F3N3O/c1-32(21-6-3-2-4-7-21)15-14-30-24(33)16-19-17-31-25-22(8-5-9-23(19)25)18-10-12-20(13-11-18)26(27,28)29/h5,8-13,17,21,31H,2-4,6-7,14-16H2,1H3,(H,30,33). The van der Waals surface area contributed by atoms with Crippen molar-refractivity contribution in [1.82, 2.24) is 15.2 Å². The average molecular weight is 458 g/mol. The zero-order valence-electron chi connectivity index (χ0n) is 18.8. The van der Waals surface area contributed by atoms with E-state index in [0.717, 1.165) is 40.7 Å². The van der Waals surface area contributed by atoms with E-state index in [-0.39, 0.29) is 12.3 Å². The Morgan fingerprint density at radius 3 is 2.52 bits per heavy atom. The fraction of sp³-hybridized carbons (Fsp3) is 0.423. The SMILES string of the molecule is CN(CCNC(=O)Cc1c[nH]c2c(-c3ccc(C(F)(F)F)cc3)cccc12)C1CCCCC1. The lowest BCUT2D eigenvalue weighted by Gasteiger charge is -2.31. The fourth-order valence-electron chi connectivity index (χ4n) is 4.75. The number of fused-ring (bicyclic) bond motifs is 1. The summed E-state index contributed by atoms with van der Waals surface area (Å²) in [5, 5.41) is 3.93. The Labute approximate surface area is 192 Å². The molecule has 4 rings (SSSR count). The summed E-state index contributed by atoms with van der Waals surface area (Å²) in [5.74, 6) is -0.0344. The minimum atomic E-state index is -4.36. The highest BCUT2D eigenvalue weighted by Crippen LogP contribution is 2.33. The number of rotatable bonds is 7. The number of nitrogens with one attached hydrogen (secondary N) is 2. The van der Waals surface area contributed by atoms with Crippen LogP contribution in [-0.4, -0.2) is 42.0 Å². The van der Waals surface area contributed by atoms with Gasteiger partial charge >= 0.3 is 6.18 Å². The first kappa shape index (κ1) is 23.4. The quantitative estimate of drug-likeness (QED) is 0.473. The van der Waals surface area contributed by atoms with Gasteiger partial charge in [-0.3, -0.25) is 4.79 Å². The van der Waals surface area contributed by atoms with Gasteiger partial charge in [0, 0.05) is 36.3 Å². The number of H-pyrrole nitrogens is 1. The Bertz CT molecular complexity index is 1080. The van der Waals surface area contributed by atoms with Crippen molar-refractivity contribution in [2.45, 2.75) is 50.7 Å². The summed E-state index contributed by atoms with van der Waals surface area (Å²) >= 11 is 0. The number of hydrogen-bond acceptors (Lipinski definition) is 2. The lowest BCUT2D eigenvalue weighted by molar-refractivity contribution is -0.137. The maximum Gasteiger partial charge on any atom is 0.416 e. The smallest absolute Gasteiger partial charge is 0.360 e. The van der Waals surface area contributed by atoms with Crippen LogP contribution in [0.3, 0.4) is 0 Å². The molecule has 7 heteroatoms. The lowest BCUT2D eigenvalue weighted by atomic mass is 9.94. The van der Waals surface area contributed by atoms with Crippen molar-refractivity contribution in [3.63, 3.8) is 0 Å². The normalized spacial score (nSPS) is 15.3. The van der Waals surface area contributed by atoms with Gasteiger partial charge in [-0.05, 0) is 43.1 Å². The molecular formula is C26H30F3N3O. The largest absolute Gasteiger partial charge is 0.416 e. The van der Waals surface area contributed by atoms with Crippen LogP contribution in [0.4, 0.5) is 13.2 Å². The molecule has 1 aliphatic carbocycles. The summed E-state index contributed by atoms with van der Waals surface area (Å²) in [6, 6.07) is 11.4. The summed E-state index contributed by atoms with van der Waals surface area (Å²) in [6.07, 6.45) is 4.08. The minimum absolute atomic E-state index is 0.0344. The number of aromatic amines is 1. The monoisotopic (exact) mass is 457 g/mol. The third-order valence-electron chi connectivity index (χ3n) is 6.66. The van der Waals surface area contributed by atoms with Crippen molar-refractivity contribution in [2.75, 3.05) is 20.1 Å². The lowest BCUT2D eigenvalue weighted by Crippen LogP contribution is -2.39. The number of amides is 1. The fourth-order valence-corrected chi connectivity index (χ4v) is 4.75. The molecule has 0 aliphatic heterocycles. The maximum absolute atomic E-state index is 12.9. The van der Waals surface area contributed by atoms with Gasteiger partial charge in [0.05, 0.1) is 17.5 Å². The van der Waals surface area contributed by atoms with Crippen LogP contribution < -0.4 is 5.32 Å². The number of hydrogen-bond donors (Lipinski definition) is 2. The van der Waals surface area contributed by atoms with Gasteiger partial charge in [0.15, 0.2) is 0 Å². The van der Waals surface area contributed by atoms with Gasteiger partial charge < -0.3 is 15.2 Å². The summed E-state index contributed by atoms with van der Waals surface area (Å²) in [7, 11) is 2.13. The van der Waals surface area contributed by atoms with Gasteiger partial charge in [0.1, 0.15) is 0 Å². The molecule has 2 aromatic carbocycles. The van der Waals surface area contributed by atoms with E-state index in [1.54, 1.807) is 0 Å². The van der Waals surface area contributed by atoms with Gasteiger partial charge in [0.2, 0.25) is 5.91 Å². The molecule has 0 radical (unpaired) electrons. The van der Waals surface area contributed by atoms with Crippen molar-refractivity contribution in [2.24, 2.45) is 0 Å². The summed E-state index contributed by atoms with van der Waals surface area (Å²) in [5.41, 5.74) is 2.52. The number of alkyl halides is 3. The number of benzene rings is 2. The molecule has 1 fully saturated rings. The number of carbonyl (C=O) groups excluding carboxylic acids is 1. The molecule has 176 valence electrons. The van der Waals surface area contributed by atoms with Crippen LogP contribution in [0.2, 0.25) is 0 Å². The highest BCUT2D eigenvalue weighted by Gasteiger charge is 2.30. The van der Waals surface area contributed by atoms with E-state index in [2.05, 4.69) is 22.2 Å². The molecule has 1 aliphatic rings. The number of halogens is 3. The van der Waals surface area contributed by atoms with Crippen molar-refractivity contribution >= 4 is 16.8 Å². The Balaban J connectivity index is 1.39. The summed E-state index contributed by atoms with van der Waals surface area (Å²) in [6.45, 7) is 1.45. The number of likely N-dealkylation sites (N-methyl/N-ethyl adjacent to an activating group) is 1. The summed E-state index contributed by atoms with van der Waals surface area (Å²) in [4.78, 5) is 18.1. The van der Waals surface area contributed by atoms with Crippen LogP contribution in [0.15, 0.2) is 48.7 Å². The second kappa shape index (κ2) is 10.00. The zero-order valence-corrected chi connectivity index (χ0v) is 18.8. The predicted octanol–water partition coefficient (Wildman–Crippen LogP) is 5.78. The Morgan fingerprint density at radius 2 is 1.82 bits per heavy atom. The van der Waals surface area contributed by atoms with Crippen LogP contribution in [0, 0.1) is 0 Å². The Hall–Kier alpha value is -2.80. The van der Waals surface area contributed by atoms with Crippen molar-refractivity contribution in [3.8, 4) is 11.1 Å². The molecule has 0 unspecified atom stereocenters. The second-order valence-corrected chi connectivity index (χ2v) is 8.92. The van der Waals surface area contributed by atoms with Crippen LogP contribution in [-0.2, 0) is 17.4 Å². The van der Waals surface area contributed by atoms with E-state index in [1.165, 1.54) is 44.2 Å². The first-order valence-electron chi connectivity index (χ1n) is 11.6. The Morgan fingerprint density at radius 1 is 1.09 bits per heavy atom. The molecule has 4 nitrogen and oxygen atoms in total. The molecule has 1 saturated carbocycles. The van der Waals surface area contributed by atoms with Gasteiger partial charge in [0.25, 0.3) is 0 Å². The number of para-hydroxylation sites is 1. The van der Waals surface area contributed by atoms with Gasteiger partial charge in [-0.2, -0.15) is 13.2 Å². The van der Waals surface area contributed by atoms with E-state index in [1.807, 2.05) is 24.4 Å². The zero-order chi connectivity index (χ0) is 23.4. The summed E-state index contributed by atoms with van der Waals surface area (Å²) < 4.78 is 38.6. The van der Waals surface area contributed by atoms with E-state index in [9.17, 15) is 18.0 Å². The molecule has 0 spiro atoms. The molecular weight excluding hydrogens is 427 g/mol. The third-order valence-corrected chi connectivity index (χ3v) is 6.66. The van der Waals surface area contributed by atoms with E-state index in [4.69, 9.17) is 0 Å². The molecule has 2 N–H and O–H groups in total. The molecule has 1 aromatic heterocycles. The van der Waals surface area contributed by atoms with Gasteiger partial charge in [-0.1, -0.05) is 49.6 Å². The maximum atomic E-state index is 12.9. The second-order valence-electron chi connectivity index (χ2n) is 8.92. The molecule has 3 aromatic rings. The first-order valence-corrected chi connectivity index (χ1v) is 11.6. The molecule has 0 atom stereocenters. The van der Waals surface area contributed by atoms with Crippen molar-refractivity contribution in [3.05, 3.63) is 59.8 Å². The van der Waals surface area contributed by atoms with E-state index >= 15 is 0 Å². The number of carbonyl (C=O) groups is 1. The van der Waals surface area contributed by atoms with E-state index in [0.29, 0.717) is 18.2 Å². The molecule has 1 heterocycles. The van der Waals surface area contributed by atoms with Crippen LogP contribution >= 0.6 is 0 Å².